The van der Waals surface area contributed by atoms with Crippen molar-refractivity contribution in [2.75, 3.05) is 25.1 Å². The van der Waals surface area contributed by atoms with Crippen LogP contribution in [0.5, 0.6) is 0 Å². The second-order valence-corrected chi connectivity index (χ2v) is 9.34. The molecule has 35 heavy (non-hydrogen) atoms. The lowest BCUT2D eigenvalue weighted by Gasteiger charge is -2.16. The molecule has 1 aliphatic rings. The Morgan fingerprint density at radius 3 is 2.40 bits per heavy atom. The zero-order valence-corrected chi connectivity index (χ0v) is 20.6. The van der Waals surface area contributed by atoms with Gasteiger partial charge >= 0.3 is 11.7 Å². The topological polar surface area (TPSA) is 139 Å². The van der Waals surface area contributed by atoms with Crippen LogP contribution in [0.25, 0.3) is 11.0 Å². The van der Waals surface area contributed by atoms with E-state index in [-0.39, 0.29) is 29.9 Å². The van der Waals surface area contributed by atoms with Gasteiger partial charge in [-0.3, -0.25) is 14.9 Å². The first-order chi connectivity index (χ1) is 16.9. The highest BCUT2D eigenvalue weighted by Crippen LogP contribution is 2.28. The van der Waals surface area contributed by atoms with E-state index in [4.69, 9.17) is 14.2 Å². The minimum atomic E-state index is -0.591. The average molecular weight is 493 g/mol. The van der Waals surface area contributed by atoms with E-state index in [1.165, 1.54) is 31.7 Å². The predicted molar refractivity (Wildman–Crippen MR) is 129 cm³/mol. The summed E-state index contributed by atoms with van der Waals surface area (Å²) in [4.78, 5) is 22.4. The molecule has 1 atom stereocenters. The SMILES string of the molecule is CC1(C)OC[C@@H](COC(=O)CCCCCCCCCCCNc2ccc([N+](=O)[O-])c3nonc23)O1. The molecule has 1 aliphatic heterocycles. The molecule has 0 saturated carbocycles. The molecule has 0 bridgehead atoms. The molecular formula is C24H36N4O7. The highest BCUT2D eigenvalue weighted by molar-refractivity contribution is 5.93. The number of unbranched alkanes of at least 4 members (excludes halogenated alkanes) is 8. The Balaban J connectivity index is 1.13. The molecule has 2 aromatic rings. The van der Waals surface area contributed by atoms with Crippen LogP contribution in [0, 0.1) is 10.1 Å². The number of carbonyl (C=O) groups excluding carboxylic acids is 1. The molecule has 1 aromatic carbocycles. The van der Waals surface area contributed by atoms with Gasteiger partial charge in [-0.25, -0.2) is 4.63 Å². The molecule has 2 heterocycles. The highest BCUT2D eigenvalue weighted by atomic mass is 16.7. The lowest BCUT2D eigenvalue weighted by Crippen LogP contribution is -2.25. The van der Waals surface area contributed by atoms with Gasteiger partial charge < -0.3 is 19.5 Å². The van der Waals surface area contributed by atoms with Gasteiger partial charge in [-0.2, -0.15) is 0 Å². The summed E-state index contributed by atoms with van der Waals surface area (Å²) in [5.41, 5.74) is 1.13. The maximum absolute atomic E-state index is 11.8. The number of nitrogens with one attached hydrogen (secondary N) is 1. The summed E-state index contributed by atoms with van der Waals surface area (Å²) in [7, 11) is 0. The maximum atomic E-state index is 11.8. The molecule has 0 aliphatic carbocycles. The lowest BCUT2D eigenvalue weighted by molar-refractivity contribution is -0.383. The van der Waals surface area contributed by atoms with Crippen LogP contribution in [-0.2, 0) is 19.0 Å². The van der Waals surface area contributed by atoms with E-state index in [2.05, 4.69) is 20.3 Å². The number of esters is 1. The normalized spacial score (nSPS) is 17.0. The van der Waals surface area contributed by atoms with Gasteiger partial charge in [0.25, 0.3) is 0 Å². The molecule has 0 spiro atoms. The number of fused-ring (bicyclic) bond motifs is 1. The molecular weight excluding hydrogens is 456 g/mol. The van der Waals surface area contributed by atoms with Crippen molar-refractivity contribution in [2.24, 2.45) is 0 Å². The van der Waals surface area contributed by atoms with Crippen molar-refractivity contribution in [3.8, 4) is 0 Å². The number of benzene rings is 1. The van der Waals surface area contributed by atoms with Crippen molar-refractivity contribution in [2.45, 2.75) is 89.9 Å². The van der Waals surface area contributed by atoms with Crippen molar-refractivity contribution in [3.63, 3.8) is 0 Å². The molecule has 11 heteroatoms. The van der Waals surface area contributed by atoms with Gasteiger partial charge in [0.2, 0.25) is 5.52 Å². The minimum absolute atomic E-state index is 0.110. The fraction of sp³-hybridized carbons (Fsp3) is 0.708. The number of nitro groups is 1. The Kier molecular flexibility index (Phi) is 10.2. The van der Waals surface area contributed by atoms with Gasteiger partial charge in [0.05, 0.1) is 17.2 Å². The Morgan fingerprint density at radius 2 is 1.74 bits per heavy atom. The first-order valence-corrected chi connectivity index (χ1v) is 12.5. The number of nitro benzene ring substituents is 1. The number of non-ortho nitro benzene ring substituents is 1. The minimum Gasteiger partial charge on any atom is -0.463 e. The maximum Gasteiger partial charge on any atom is 0.305 e. The van der Waals surface area contributed by atoms with Crippen molar-refractivity contribution in [1.29, 1.82) is 0 Å². The zero-order valence-electron chi connectivity index (χ0n) is 20.6. The number of hydrogen-bond acceptors (Lipinski definition) is 10. The molecule has 194 valence electrons. The number of hydrogen-bond donors (Lipinski definition) is 1. The van der Waals surface area contributed by atoms with Gasteiger partial charge in [-0.05, 0) is 43.1 Å². The number of rotatable bonds is 16. The summed E-state index contributed by atoms with van der Waals surface area (Å²) in [5.74, 6) is -0.756. The molecule has 11 nitrogen and oxygen atoms in total. The van der Waals surface area contributed by atoms with Gasteiger partial charge in [0.15, 0.2) is 11.3 Å². The monoisotopic (exact) mass is 492 g/mol. The summed E-state index contributed by atoms with van der Waals surface area (Å²) in [6.07, 6.45) is 10.1. The van der Waals surface area contributed by atoms with Crippen LogP contribution < -0.4 is 5.32 Å². The Morgan fingerprint density at radius 1 is 1.09 bits per heavy atom. The largest absolute Gasteiger partial charge is 0.463 e. The molecule has 1 fully saturated rings. The number of anilines is 1. The van der Waals surface area contributed by atoms with E-state index in [1.807, 2.05) is 13.8 Å². The summed E-state index contributed by atoms with van der Waals surface area (Å²) >= 11 is 0. The summed E-state index contributed by atoms with van der Waals surface area (Å²) in [6.45, 7) is 5.18. The van der Waals surface area contributed by atoms with E-state index in [0.29, 0.717) is 24.2 Å². The standard InChI is InChI=1S/C24H36N4O7/c1-24(2)33-17-18(34-24)16-32-21(29)12-10-8-6-4-3-5-7-9-11-15-25-19-13-14-20(28(30)31)23-22(19)26-35-27-23/h13-14,18,25H,3-12,15-17H2,1-2H3/t18-/m1/s1. The van der Waals surface area contributed by atoms with E-state index < -0.39 is 10.7 Å². The molecule has 0 radical (unpaired) electrons. The molecule has 0 amide bonds. The fourth-order valence-electron chi connectivity index (χ4n) is 4.10. The fourth-order valence-corrected chi connectivity index (χ4v) is 4.10. The number of nitrogens with zero attached hydrogens (tertiary/aromatic N) is 3. The van der Waals surface area contributed by atoms with Crippen LogP contribution >= 0.6 is 0 Å². The summed E-state index contributed by atoms with van der Waals surface area (Å²) < 4.78 is 21.0. The van der Waals surface area contributed by atoms with Crippen LogP contribution in [-0.4, -0.2) is 52.9 Å². The third-order valence-electron chi connectivity index (χ3n) is 5.96. The molecule has 3 rings (SSSR count). The Bertz CT molecular complexity index is 962. The van der Waals surface area contributed by atoms with Crippen LogP contribution in [0.15, 0.2) is 16.8 Å². The molecule has 1 N–H and O–H groups in total. The van der Waals surface area contributed by atoms with Gasteiger partial charge in [-0.1, -0.05) is 44.9 Å². The van der Waals surface area contributed by atoms with Crippen molar-refractivity contribution >= 4 is 28.4 Å². The van der Waals surface area contributed by atoms with E-state index in [0.717, 1.165) is 38.6 Å². The van der Waals surface area contributed by atoms with Gasteiger partial charge in [0.1, 0.15) is 12.7 Å². The number of carbonyl (C=O) groups is 1. The molecule has 1 aromatic heterocycles. The smallest absolute Gasteiger partial charge is 0.305 e. The molecule has 1 saturated heterocycles. The lowest BCUT2D eigenvalue weighted by atomic mass is 10.1. The molecule has 0 unspecified atom stereocenters. The third kappa shape index (κ3) is 8.74. The van der Waals surface area contributed by atoms with Crippen LogP contribution in [0.1, 0.15) is 78.1 Å². The summed E-state index contributed by atoms with van der Waals surface area (Å²) in [5, 5.41) is 21.7. The first-order valence-electron chi connectivity index (χ1n) is 12.5. The van der Waals surface area contributed by atoms with Gasteiger partial charge in [0, 0.05) is 19.0 Å². The first kappa shape index (κ1) is 26.8. The van der Waals surface area contributed by atoms with Crippen molar-refractivity contribution < 1.29 is 28.6 Å². The quantitative estimate of drug-likeness (QED) is 0.145. The third-order valence-corrected chi connectivity index (χ3v) is 5.96. The number of ether oxygens (including phenoxy) is 3. The average Bonchev–Trinajstić information content (AvgIpc) is 3.44. The predicted octanol–water partition coefficient (Wildman–Crippen LogP) is 5.14. The number of aromatic nitrogens is 2. The zero-order chi connectivity index (χ0) is 25.1. The second kappa shape index (κ2) is 13.3. The van der Waals surface area contributed by atoms with E-state index >= 15 is 0 Å². The second-order valence-electron chi connectivity index (χ2n) is 9.34. The van der Waals surface area contributed by atoms with Gasteiger partial charge in [-0.15, -0.1) is 0 Å². The van der Waals surface area contributed by atoms with E-state index in [1.54, 1.807) is 6.07 Å². The van der Waals surface area contributed by atoms with Crippen molar-refractivity contribution in [3.05, 3.63) is 22.2 Å². The van der Waals surface area contributed by atoms with Crippen LogP contribution in [0.2, 0.25) is 0 Å². The van der Waals surface area contributed by atoms with Crippen molar-refractivity contribution in [1.82, 2.24) is 10.3 Å². The van der Waals surface area contributed by atoms with E-state index in [9.17, 15) is 14.9 Å². The summed E-state index contributed by atoms with van der Waals surface area (Å²) in [6, 6.07) is 3.06. The Labute approximate surface area is 205 Å². The highest BCUT2D eigenvalue weighted by Gasteiger charge is 2.33. The van der Waals surface area contributed by atoms with Crippen LogP contribution in [0.4, 0.5) is 11.4 Å². The van der Waals surface area contributed by atoms with Crippen LogP contribution in [0.3, 0.4) is 0 Å². The Hall–Kier alpha value is -2.79.